The third-order valence-electron chi connectivity index (χ3n) is 2.46. The van der Waals surface area contributed by atoms with Gasteiger partial charge in [0.2, 0.25) is 0 Å². The predicted molar refractivity (Wildman–Crippen MR) is 71.8 cm³/mol. The highest BCUT2D eigenvalue weighted by Gasteiger charge is 2.24. The van der Waals surface area contributed by atoms with Crippen LogP contribution in [0.2, 0.25) is 0 Å². The Kier molecular flexibility index (Phi) is 3.46. The van der Waals surface area contributed by atoms with E-state index >= 15 is 0 Å². The lowest BCUT2D eigenvalue weighted by Gasteiger charge is -2.19. The zero-order valence-corrected chi connectivity index (χ0v) is 10.4. The smallest absolute Gasteiger partial charge is 0.117 e. The Morgan fingerprint density at radius 2 is 1.88 bits per heavy atom. The molecule has 17 heavy (non-hydrogen) atoms. The van der Waals surface area contributed by atoms with Gasteiger partial charge in [-0.3, -0.25) is 0 Å². The van der Waals surface area contributed by atoms with E-state index in [2.05, 4.69) is 0 Å². The maximum absolute atomic E-state index is 9.63. The van der Waals surface area contributed by atoms with E-state index in [9.17, 15) is 5.11 Å². The van der Waals surface area contributed by atoms with Gasteiger partial charge in [0.15, 0.2) is 0 Å². The predicted octanol–water partition coefficient (Wildman–Crippen LogP) is 3.54. The van der Waals surface area contributed by atoms with Crippen molar-refractivity contribution < 1.29 is 5.11 Å². The van der Waals surface area contributed by atoms with Crippen LogP contribution in [0.4, 0.5) is 0 Å². The highest BCUT2D eigenvalue weighted by atomic mass is 35.5. The summed E-state index contributed by atoms with van der Waals surface area (Å²) in [6, 6.07) is 9.59. The summed E-state index contributed by atoms with van der Waals surface area (Å²) in [5, 5.41) is 9.35. The van der Waals surface area contributed by atoms with Crippen LogP contribution in [0.25, 0.3) is 6.08 Å². The van der Waals surface area contributed by atoms with Gasteiger partial charge in [0.25, 0.3) is 0 Å². The lowest BCUT2D eigenvalue weighted by atomic mass is 10.0. The minimum Gasteiger partial charge on any atom is -0.510 e. The highest BCUT2D eigenvalue weighted by molar-refractivity contribution is 6.36. The van der Waals surface area contributed by atoms with Crippen LogP contribution >= 0.6 is 23.2 Å². The first-order valence-electron chi connectivity index (χ1n) is 5.06. The summed E-state index contributed by atoms with van der Waals surface area (Å²) in [7, 11) is 0. The van der Waals surface area contributed by atoms with Crippen molar-refractivity contribution in [3.63, 3.8) is 0 Å². The molecule has 0 heterocycles. The molecule has 1 aliphatic rings. The van der Waals surface area contributed by atoms with Gasteiger partial charge >= 0.3 is 0 Å². The zero-order valence-electron chi connectivity index (χ0n) is 8.90. The van der Waals surface area contributed by atoms with Gasteiger partial charge in [-0.25, -0.2) is 0 Å². The third kappa shape index (κ3) is 2.48. The van der Waals surface area contributed by atoms with Gasteiger partial charge in [-0.1, -0.05) is 41.9 Å². The van der Waals surface area contributed by atoms with E-state index in [0.717, 1.165) is 5.56 Å². The minimum atomic E-state index is -0.657. The van der Waals surface area contributed by atoms with E-state index in [-0.39, 0.29) is 5.76 Å². The van der Waals surface area contributed by atoms with E-state index in [1.54, 1.807) is 0 Å². The van der Waals surface area contributed by atoms with E-state index in [1.165, 1.54) is 6.08 Å². The SMILES string of the molecule is NC1=C(Cl)C(=Cc2ccccc2)C(Cl)C(O)=C1. The van der Waals surface area contributed by atoms with Crippen LogP contribution in [0.1, 0.15) is 5.56 Å². The molecule has 0 radical (unpaired) electrons. The maximum atomic E-state index is 9.63. The number of alkyl halides is 1. The van der Waals surface area contributed by atoms with Gasteiger partial charge in [-0.15, -0.1) is 11.6 Å². The number of benzene rings is 1. The number of hydrogen-bond donors (Lipinski definition) is 2. The molecule has 2 nitrogen and oxygen atoms in total. The molecule has 0 aromatic heterocycles. The topological polar surface area (TPSA) is 46.2 Å². The van der Waals surface area contributed by atoms with Crippen LogP contribution in [0.15, 0.2) is 58.5 Å². The second-order valence-electron chi connectivity index (χ2n) is 3.71. The fourth-order valence-electron chi connectivity index (χ4n) is 1.60. The Hall–Kier alpha value is -1.38. The molecule has 0 spiro atoms. The fraction of sp³-hybridized carbons (Fsp3) is 0.0769. The molecular weight excluding hydrogens is 257 g/mol. The van der Waals surface area contributed by atoms with Gasteiger partial charge in [-0.2, -0.15) is 0 Å². The van der Waals surface area contributed by atoms with Gasteiger partial charge in [0, 0.05) is 6.08 Å². The van der Waals surface area contributed by atoms with E-state index in [0.29, 0.717) is 16.3 Å². The third-order valence-corrected chi connectivity index (χ3v) is 3.36. The van der Waals surface area contributed by atoms with Crippen molar-refractivity contribution in [2.24, 2.45) is 5.73 Å². The van der Waals surface area contributed by atoms with Gasteiger partial charge in [0.1, 0.15) is 11.1 Å². The first-order valence-corrected chi connectivity index (χ1v) is 5.88. The van der Waals surface area contributed by atoms with Crippen molar-refractivity contribution >= 4 is 29.3 Å². The Balaban J connectivity index is 2.46. The molecule has 1 aromatic carbocycles. The van der Waals surface area contributed by atoms with E-state index < -0.39 is 5.38 Å². The molecule has 0 bridgehead atoms. The molecule has 1 atom stereocenters. The van der Waals surface area contributed by atoms with Crippen molar-refractivity contribution in [3.8, 4) is 0 Å². The monoisotopic (exact) mass is 267 g/mol. The Morgan fingerprint density at radius 1 is 1.24 bits per heavy atom. The van der Waals surface area contributed by atoms with Crippen molar-refractivity contribution in [2.45, 2.75) is 5.38 Å². The van der Waals surface area contributed by atoms with Crippen LogP contribution in [0.5, 0.6) is 0 Å². The molecule has 0 amide bonds. The van der Waals surface area contributed by atoms with Crippen molar-refractivity contribution in [1.82, 2.24) is 0 Å². The first-order chi connectivity index (χ1) is 8.09. The number of hydrogen-bond acceptors (Lipinski definition) is 2. The van der Waals surface area contributed by atoms with Crippen LogP contribution in [0, 0.1) is 0 Å². The van der Waals surface area contributed by atoms with Gasteiger partial charge in [-0.05, 0) is 17.2 Å². The summed E-state index contributed by atoms with van der Waals surface area (Å²) >= 11 is 12.2. The Bertz CT molecular complexity index is 517. The average Bonchev–Trinajstić information content (AvgIpc) is 2.33. The van der Waals surface area contributed by atoms with Gasteiger partial charge in [0.05, 0.1) is 10.7 Å². The van der Waals surface area contributed by atoms with Gasteiger partial charge < -0.3 is 10.8 Å². The molecule has 0 fully saturated rings. The molecule has 0 saturated carbocycles. The molecule has 88 valence electrons. The first kappa shape index (κ1) is 12.1. The van der Waals surface area contributed by atoms with Crippen molar-refractivity contribution in [2.75, 3.05) is 0 Å². The molecular formula is C13H11Cl2NO. The number of nitrogens with two attached hydrogens (primary N) is 1. The molecule has 1 aliphatic carbocycles. The zero-order chi connectivity index (χ0) is 12.4. The minimum absolute atomic E-state index is 0.00995. The summed E-state index contributed by atoms with van der Waals surface area (Å²) in [6.07, 6.45) is 3.19. The fourth-order valence-corrected chi connectivity index (χ4v) is 2.11. The number of allylic oxidation sites excluding steroid dienone is 3. The molecule has 2 rings (SSSR count). The Morgan fingerprint density at radius 3 is 2.53 bits per heavy atom. The summed E-state index contributed by atoms with van der Waals surface area (Å²) in [4.78, 5) is 0. The molecule has 4 heteroatoms. The summed E-state index contributed by atoms with van der Waals surface area (Å²) in [5.74, 6) is 0.00995. The van der Waals surface area contributed by atoms with E-state index in [4.69, 9.17) is 28.9 Å². The van der Waals surface area contributed by atoms with E-state index in [1.807, 2.05) is 36.4 Å². The molecule has 1 unspecified atom stereocenters. The summed E-state index contributed by atoms with van der Waals surface area (Å²) in [6.45, 7) is 0. The Labute approximate surface area is 110 Å². The molecule has 1 aromatic rings. The van der Waals surface area contributed by atoms with Crippen LogP contribution in [0.3, 0.4) is 0 Å². The molecule has 3 N–H and O–H groups in total. The van der Waals surface area contributed by atoms with Crippen LogP contribution < -0.4 is 5.73 Å². The average molecular weight is 268 g/mol. The second kappa shape index (κ2) is 4.86. The number of aliphatic hydroxyl groups excluding tert-OH is 1. The number of aliphatic hydroxyl groups is 1. The summed E-state index contributed by atoms with van der Waals surface area (Å²) < 4.78 is 0. The maximum Gasteiger partial charge on any atom is 0.117 e. The number of rotatable bonds is 1. The molecule has 0 saturated heterocycles. The molecule has 0 aliphatic heterocycles. The van der Waals surface area contributed by atoms with Crippen molar-refractivity contribution in [1.29, 1.82) is 0 Å². The highest BCUT2D eigenvalue weighted by Crippen LogP contribution is 2.34. The van der Waals surface area contributed by atoms with Crippen LogP contribution in [-0.4, -0.2) is 10.5 Å². The number of halogens is 2. The normalized spacial score (nSPS) is 22.8. The largest absolute Gasteiger partial charge is 0.510 e. The van der Waals surface area contributed by atoms with Crippen LogP contribution in [-0.2, 0) is 0 Å². The standard InChI is InChI=1S/C13H11Cl2NO/c14-12-9(6-8-4-2-1-3-5-8)13(15)11(17)7-10(12)16/h1-7,13,17H,16H2. The lowest BCUT2D eigenvalue weighted by Crippen LogP contribution is -2.16. The lowest BCUT2D eigenvalue weighted by molar-refractivity contribution is 0.399. The summed E-state index contributed by atoms with van der Waals surface area (Å²) in [5.41, 5.74) is 7.57. The second-order valence-corrected chi connectivity index (χ2v) is 4.53. The van der Waals surface area contributed by atoms with Crippen molar-refractivity contribution in [3.05, 3.63) is 64.0 Å². The quantitative estimate of drug-likeness (QED) is 0.765.